The van der Waals surface area contributed by atoms with Crippen LogP contribution in [0.4, 0.5) is 0 Å². The van der Waals surface area contributed by atoms with Crippen molar-refractivity contribution >= 4 is 0 Å². The van der Waals surface area contributed by atoms with E-state index in [1.54, 1.807) is 0 Å². The molecule has 0 aromatic heterocycles. The predicted octanol–water partition coefficient (Wildman–Crippen LogP) is 4.30. The van der Waals surface area contributed by atoms with Gasteiger partial charge in [-0.1, -0.05) is 34.6 Å². The Hall–Kier alpha value is -0.0800. The van der Waals surface area contributed by atoms with Crippen LogP contribution in [0.1, 0.15) is 73.6 Å². The van der Waals surface area contributed by atoms with Crippen molar-refractivity contribution in [2.75, 3.05) is 13.1 Å². The Morgan fingerprint density at radius 1 is 1.05 bits per heavy atom. The number of piperidine rings is 1. The molecule has 1 aliphatic heterocycles. The van der Waals surface area contributed by atoms with Crippen LogP contribution >= 0.6 is 0 Å². The first-order valence-corrected chi connectivity index (χ1v) is 9.32. The molecule has 0 bridgehead atoms. The minimum absolute atomic E-state index is 0.458. The molecule has 21 heavy (non-hydrogen) atoms. The second-order valence-electron chi connectivity index (χ2n) is 8.84. The number of hydrogen-bond acceptors (Lipinski definition) is 2. The Bertz CT molecular complexity index is 320. The van der Waals surface area contributed by atoms with Crippen LogP contribution in [0, 0.1) is 17.3 Å². The van der Waals surface area contributed by atoms with Gasteiger partial charge in [0.2, 0.25) is 0 Å². The lowest BCUT2D eigenvalue weighted by molar-refractivity contribution is 0.00795. The van der Waals surface area contributed by atoms with Gasteiger partial charge >= 0.3 is 0 Å². The van der Waals surface area contributed by atoms with Crippen LogP contribution in [0.15, 0.2) is 0 Å². The van der Waals surface area contributed by atoms with Gasteiger partial charge in [0.25, 0.3) is 0 Å². The number of likely N-dealkylation sites (tertiary alicyclic amines) is 1. The van der Waals surface area contributed by atoms with Crippen molar-refractivity contribution in [2.45, 2.75) is 91.8 Å². The van der Waals surface area contributed by atoms with E-state index >= 15 is 0 Å². The van der Waals surface area contributed by atoms with E-state index in [1.807, 2.05) is 0 Å². The van der Waals surface area contributed by atoms with Crippen molar-refractivity contribution in [3.05, 3.63) is 0 Å². The zero-order valence-electron chi connectivity index (χ0n) is 15.3. The van der Waals surface area contributed by atoms with Gasteiger partial charge in [-0.15, -0.1) is 0 Å². The molecule has 0 spiro atoms. The Morgan fingerprint density at radius 3 is 2.38 bits per heavy atom. The Kier molecular flexibility index (Phi) is 5.76. The van der Waals surface area contributed by atoms with Crippen molar-refractivity contribution in [2.24, 2.45) is 17.3 Å². The first-order valence-electron chi connectivity index (χ1n) is 9.32. The summed E-state index contributed by atoms with van der Waals surface area (Å²) in [6, 6.07) is 2.23. The SMILES string of the molecule is CCNC1CCC(C(C)(C)C)CC1N1CC(C)CCC1C. The van der Waals surface area contributed by atoms with Crippen LogP contribution < -0.4 is 5.32 Å². The fourth-order valence-electron chi connectivity index (χ4n) is 4.59. The number of rotatable bonds is 3. The monoisotopic (exact) mass is 294 g/mol. The van der Waals surface area contributed by atoms with Gasteiger partial charge in [-0.25, -0.2) is 0 Å². The number of nitrogens with one attached hydrogen (secondary N) is 1. The molecule has 1 heterocycles. The summed E-state index contributed by atoms with van der Waals surface area (Å²) in [4.78, 5) is 2.86. The normalized spacial score (nSPS) is 39.4. The van der Waals surface area contributed by atoms with Gasteiger partial charge in [0.05, 0.1) is 0 Å². The standard InChI is InChI=1S/C19H38N2/c1-7-20-17-11-10-16(19(4,5)6)12-18(17)21-13-14(2)8-9-15(21)3/h14-18,20H,7-13H2,1-6H3. The molecule has 0 radical (unpaired) electrons. The van der Waals surface area contributed by atoms with Gasteiger partial charge in [0.1, 0.15) is 0 Å². The fourth-order valence-corrected chi connectivity index (χ4v) is 4.59. The number of nitrogens with zero attached hydrogens (tertiary/aromatic N) is 1. The molecule has 2 heteroatoms. The summed E-state index contributed by atoms with van der Waals surface area (Å²) in [7, 11) is 0. The molecule has 1 aliphatic carbocycles. The van der Waals surface area contributed by atoms with Crippen LogP contribution in [0.3, 0.4) is 0 Å². The summed E-state index contributed by atoms with van der Waals surface area (Å²) in [6.07, 6.45) is 6.95. The van der Waals surface area contributed by atoms with Crippen LogP contribution in [0.5, 0.6) is 0 Å². The average molecular weight is 295 g/mol. The maximum Gasteiger partial charge on any atom is 0.0255 e. The van der Waals surface area contributed by atoms with Crippen LogP contribution in [0.2, 0.25) is 0 Å². The molecule has 2 rings (SSSR count). The quantitative estimate of drug-likeness (QED) is 0.835. The molecular formula is C19H38N2. The third kappa shape index (κ3) is 4.22. The Morgan fingerprint density at radius 2 is 1.76 bits per heavy atom. The van der Waals surface area contributed by atoms with Crippen molar-refractivity contribution < 1.29 is 0 Å². The molecule has 2 aliphatic rings. The lowest BCUT2D eigenvalue weighted by Crippen LogP contribution is -2.58. The second-order valence-corrected chi connectivity index (χ2v) is 8.84. The molecule has 2 fully saturated rings. The molecule has 1 saturated heterocycles. The Labute approximate surface area is 133 Å². The smallest absolute Gasteiger partial charge is 0.0255 e. The van der Waals surface area contributed by atoms with E-state index in [9.17, 15) is 0 Å². The lowest BCUT2D eigenvalue weighted by Gasteiger charge is -2.50. The highest BCUT2D eigenvalue weighted by Crippen LogP contribution is 2.41. The van der Waals surface area contributed by atoms with Gasteiger partial charge in [-0.2, -0.15) is 0 Å². The van der Waals surface area contributed by atoms with E-state index in [2.05, 4.69) is 51.8 Å². The Balaban J connectivity index is 2.12. The molecule has 0 aromatic rings. The summed E-state index contributed by atoms with van der Waals surface area (Å²) >= 11 is 0. The maximum atomic E-state index is 3.80. The van der Waals surface area contributed by atoms with Gasteiger partial charge in [0.15, 0.2) is 0 Å². The van der Waals surface area contributed by atoms with Crippen LogP contribution in [0.25, 0.3) is 0 Å². The summed E-state index contributed by atoms with van der Waals surface area (Å²) in [5.41, 5.74) is 0.458. The molecule has 5 atom stereocenters. The van der Waals surface area contributed by atoms with E-state index in [0.717, 1.165) is 30.5 Å². The first-order chi connectivity index (χ1) is 9.82. The molecule has 5 unspecified atom stereocenters. The average Bonchev–Trinajstić information content (AvgIpc) is 2.41. The molecule has 0 amide bonds. The summed E-state index contributed by atoms with van der Waals surface area (Å²) in [6.45, 7) is 16.9. The maximum absolute atomic E-state index is 3.80. The van der Waals surface area contributed by atoms with Gasteiger partial charge in [0, 0.05) is 24.7 Å². The molecule has 124 valence electrons. The topological polar surface area (TPSA) is 15.3 Å². The number of likely N-dealkylation sites (N-methyl/N-ethyl adjacent to an activating group) is 1. The lowest BCUT2D eigenvalue weighted by atomic mass is 9.68. The third-order valence-corrected chi connectivity index (χ3v) is 6.10. The summed E-state index contributed by atoms with van der Waals surface area (Å²) in [5.74, 6) is 1.75. The fraction of sp³-hybridized carbons (Fsp3) is 1.00. The largest absolute Gasteiger partial charge is 0.313 e. The van der Waals surface area contributed by atoms with E-state index in [0.29, 0.717) is 11.5 Å². The van der Waals surface area contributed by atoms with E-state index in [1.165, 1.54) is 38.6 Å². The summed E-state index contributed by atoms with van der Waals surface area (Å²) in [5, 5.41) is 3.80. The third-order valence-electron chi connectivity index (χ3n) is 6.10. The van der Waals surface area contributed by atoms with Gasteiger partial charge in [-0.05, 0) is 62.8 Å². The molecule has 0 aromatic carbocycles. The van der Waals surface area contributed by atoms with Gasteiger partial charge in [-0.3, -0.25) is 4.90 Å². The highest BCUT2D eigenvalue weighted by atomic mass is 15.2. The van der Waals surface area contributed by atoms with Crippen molar-refractivity contribution in [3.63, 3.8) is 0 Å². The molecular weight excluding hydrogens is 256 g/mol. The van der Waals surface area contributed by atoms with Crippen molar-refractivity contribution in [3.8, 4) is 0 Å². The highest BCUT2D eigenvalue weighted by molar-refractivity contribution is 4.96. The predicted molar refractivity (Wildman–Crippen MR) is 92.6 cm³/mol. The van der Waals surface area contributed by atoms with E-state index in [-0.39, 0.29) is 0 Å². The van der Waals surface area contributed by atoms with Gasteiger partial charge < -0.3 is 5.32 Å². The zero-order valence-corrected chi connectivity index (χ0v) is 15.3. The highest BCUT2D eigenvalue weighted by Gasteiger charge is 2.40. The second kappa shape index (κ2) is 7.00. The molecule has 1 saturated carbocycles. The minimum Gasteiger partial charge on any atom is -0.313 e. The number of hydrogen-bond donors (Lipinski definition) is 1. The summed E-state index contributed by atoms with van der Waals surface area (Å²) < 4.78 is 0. The van der Waals surface area contributed by atoms with E-state index in [4.69, 9.17) is 0 Å². The van der Waals surface area contributed by atoms with Crippen LogP contribution in [-0.2, 0) is 0 Å². The molecule has 1 N–H and O–H groups in total. The minimum atomic E-state index is 0.458. The van der Waals surface area contributed by atoms with E-state index < -0.39 is 0 Å². The zero-order chi connectivity index (χ0) is 15.6. The van der Waals surface area contributed by atoms with Crippen molar-refractivity contribution in [1.29, 1.82) is 0 Å². The van der Waals surface area contributed by atoms with Crippen LogP contribution in [-0.4, -0.2) is 36.1 Å². The molecule has 2 nitrogen and oxygen atoms in total. The van der Waals surface area contributed by atoms with Crippen molar-refractivity contribution in [1.82, 2.24) is 10.2 Å². The first kappa shape index (κ1) is 17.3.